The molecular formula is C17H27N5O. The quantitative estimate of drug-likeness (QED) is 0.778. The highest BCUT2D eigenvalue weighted by Gasteiger charge is 2.26. The van der Waals surface area contributed by atoms with Crippen molar-refractivity contribution < 1.29 is 4.42 Å². The first kappa shape index (κ1) is 16.2. The van der Waals surface area contributed by atoms with E-state index in [9.17, 15) is 0 Å². The molecule has 1 aliphatic heterocycles. The van der Waals surface area contributed by atoms with E-state index in [4.69, 9.17) is 4.42 Å². The highest BCUT2D eigenvalue weighted by atomic mass is 16.4. The van der Waals surface area contributed by atoms with E-state index in [1.54, 1.807) is 0 Å². The van der Waals surface area contributed by atoms with E-state index in [1.807, 2.05) is 24.1 Å². The summed E-state index contributed by atoms with van der Waals surface area (Å²) in [6.45, 7) is 6.28. The van der Waals surface area contributed by atoms with Gasteiger partial charge in [0.05, 0.1) is 18.9 Å². The molecule has 23 heavy (non-hydrogen) atoms. The Morgan fingerprint density at radius 3 is 2.96 bits per heavy atom. The van der Waals surface area contributed by atoms with E-state index in [2.05, 4.69) is 40.1 Å². The van der Waals surface area contributed by atoms with Gasteiger partial charge in [0.25, 0.3) is 0 Å². The Balaban J connectivity index is 1.44. The van der Waals surface area contributed by atoms with Crippen LogP contribution in [0.25, 0.3) is 0 Å². The maximum Gasteiger partial charge on any atom is 0.208 e. The summed E-state index contributed by atoms with van der Waals surface area (Å²) in [6, 6.07) is 0.584. The molecule has 1 saturated heterocycles. The lowest BCUT2D eigenvalue weighted by molar-refractivity contribution is 0.206. The first-order chi connectivity index (χ1) is 11.1. The monoisotopic (exact) mass is 317 g/mol. The normalized spacial score (nSPS) is 19.0. The topological polar surface area (TPSA) is 50.3 Å². The number of likely N-dealkylation sites (tertiary alicyclic amines) is 1. The smallest absolute Gasteiger partial charge is 0.208 e. The van der Waals surface area contributed by atoms with Crippen LogP contribution >= 0.6 is 0 Å². The Morgan fingerprint density at radius 1 is 1.39 bits per heavy atom. The maximum atomic E-state index is 5.72. The highest BCUT2D eigenvalue weighted by molar-refractivity contribution is 5.04. The van der Waals surface area contributed by atoms with Gasteiger partial charge in [0.15, 0.2) is 0 Å². The van der Waals surface area contributed by atoms with E-state index in [0.717, 1.165) is 44.1 Å². The number of hydrogen-bond donors (Lipinski definition) is 0. The molecule has 2 aromatic rings. The van der Waals surface area contributed by atoms with E-state index < -0.39 is 0 Å². The predicted octanol–water partition coefficient (Wildman–Crippen LogP) is 1.72. The van der Waals surface area contributed by atoms with Crippen LogP contribution in [-0.4, -0.2) is 57.3 Å². The van der Waals surface area contributed by atoms with Gasteiger partial charge in [-0.25, -0.2) is 4.98 Å². The number of hydrogen-bond acceptors (Lipinski definition) is 5. The van der Waals surface area contributed by atoms with Gasteiger partial charge in [0.2, 0.25) is 5.89 Å². The largest absolute Gasteiger partial charge is 0.444 e. The Kier molecular flexibility index (Phi) is 5.13. The molecule has 6 heteroatoms. The van der Waals surface area contributed by atoms with Crippen molar-refractivity contribution >= 4 is 0 Å². The molecule has 3 heterocycles. The summed E-state index contributed by atoms with van der Waals surface area (Å²) >= 11 is 0. The number of rotatable bonds is 7. The first-order valence-corrected chi connectivity index (χ1v) is 8.47. The third-order valence-corrected chi connectivity index (χ3v) is 4.68. The van der Waals surface area contributed by atoms with Crippen LogP contribution in [0.15, 0.2) is 23.0 Å². The minimum Gasteiger partial charge on any atom is -0.444 e. The Labute approximate surface area is 138 Å². The van der Waals surface area contributed by atoms with Crippen molar-refractivity contribution in [1.29, 1.82) is 0 Å². The zero-order valence-corrected chi connectivity index (χ0v) is 14.4. The molecule has 0 saturated carbocycles. The molecule has 1 atom stereocenters. The second kappa shape index (κ2) is 7.27. The average Bonchev–Trinajstić information content (AvgIpc) is 3.25. The Morgan fingerprint density at radius 2 is 2.26 bits per heavy atom. The van der Waals surface area contributed by atoms with Gasteiger partial charge in [-0.05, 0) is 32.0 Å². The van der Waals surface area contributed by atoms with Gasteiger partial charge >= 0.3 is 0 Å². The van der Waals surface area contributed by atoms with Crippen LogP contribution in [-0.2, 0) is 26.4 Å². The van der Waals surface area contributed by atoms with Crippen LogP contribution in [0.2, 0.25) is 0 Å². The molecule has 126 valence electrons. The molecule has 0 amide bonds. The molecule has 6 nitrogen and oxygen atoms in total. The van der Waals surface area contributed by atoms with Crippen molar-refractivity contribution in [2.45, 2.75) is 38.8 Å². The summed E-state index contributed by atoms with van der Waals surface area (Å²) in [7, 11) is 4.14. The summed E-state index contributed by atoms with van der Waals surface area (Å²) in [5, 5.41) is 4.23. The van der Waals surface area contributed by atoms with Crippen LogP contribution in [0.1, 0.15) is 30.6 Å². The summed E-state index contributed by atoms with van der Waals surface area (Å²) < 4.78 is 7.59. The fraction of sp³-hybridized carbons (Fsp3) is 0.647. The SMILES string of the molecule is CCc1cnc(CN(C)[C@@H]2CCN(CCc3cnn(C)c3)C2)o1. The van der Waals surface area contributed by atoms with Gasteiger partial charge in [-0.15, -0.1) is 0 Å². The lowest BCUT2D eigenvalue weighted by atomic mass is 10.2. The highest BCUT2D eigenvalue weighted by Crippen LogP contribution is 2.17. The molecule has 2 aromatic heterocycles. The van der Waals surface area contributed by atoms with Crippen LogP contribution in [0, 0.1) is 0 Å². The van der Waals surface area contributed by atoms with Crippen molar-refractivity contribution in [3.05, 3.63) is 35.8 Å². The van der Waals surface area contributed by atoms with Crippen molar-refractivity contribution in [3.8, 4) is 0 Å². The van der Waals surface area contributed by atoms with Crippen molar-refractivity contribution in [2.24, 2.45) is 7.05 Å². The molecule has 0 aromatic carbocycles. The molecule has 3 rings (SSSR count). The molecule has 1 aliphatic rings. The predicted molar refractivity (Wildman–Crippen MR) is 89.1 cm³/mol. The van der Waals surface area contributed by atoms with Crippen LogP contribution in [0.5, 0.6) is 0 Å². The summed E-state index contributed by atoms with van der Waals surface area (Å²) in [5.41, 5.74) is 1.32. The van der Waals surface area contributed by atoms with Gasteiger partial charge in [-0.2, -0.15) is 5.10 Å². The minimum absolute atomic E-state index is 0.584. The second-order valence-corrected chi connectivity index (χ2v) is 6.50. The molecule has 0 bridgehead atoms. The number of oxazole rings is 1. The molecule has 0 unspecified atom stereocenters. The molecular weight excluding hydrogens is 290 g/mol. The summed E-state index contributed by atoms with van der Waals surface area (Å²) in [6.07, 6.45) is 9.11. The fourth-order valence-corrected chi connectivity index (χ4v) is 3.19. The van der Waals surface area contributed by atoms with Crippen LogP contribution < -0.4 is 0 Å². The standard InChI is InChI=1S/C17H27N5O/c1-4-16-10-18-17(23-16)13-20(2)15-6-8-22(12-15)7-5-14-9-19-21(3)11-14/h9-11,15H,4-8,12-13H2,1-3H3/t15-/m1/s1. The number of aryl methyl sites for hydroxylation is 2. The van der Waals surface area contributed by atoms with Crippen LogP contribution in [0.4, 0.5) is 0 Å². The molecule has 1 fully saturated rings. The van der Waals surface area contributed by atoms with Gasteiger partial charge in [0, 0.05) is 38.8 Å². The lowest BCUT2D eigenvalue weighted by Crippen LogP contribution is -2.34. The minimum atomic E-state index is 0.584. The van der Waals surface area contributed by atoms with Crippen molar-refractivity contribution in [1.82, 2.24) is 24.6 Å². The molecule has 0 N–H and O–H groups in total. The molecule has 0 spiro atoms. The Hall–Kier alpha value is -1.66. The fourth-order valence-electron chi connectivity index (χ4n) is 3.19. The van der Waals surface area contributed by atoms with Crippen molar-refractivity contribution in [2.75, 3.05) is 26.7 Å². The first-order valence-electron chi connectivity index (χ1n) is 8.47. The van der Waals surface area contributed by atoms with E-state index >= 15 is 0 Å². The number of nitrogens with zero attached hydrogens (tertiary/aromatic N) is 5. The summed E-state index contributed by atoms with van der Waals surface area (Å²) in [5.74, 6) is 1.80. The average molecular weight is 317 g/mol. The molecule has 0 aliphatic carbocycles. The van der Waals surface area contributed by atoms with Gasteiger partial charge in [-0.1, -0.05) is 6.92 Å². The van der Waals surface area contributed by atoms with E-state index in [1.165, 1.54) is 18.5 Å². The lowest BCUT2D eigenvalue weighted by Gasteiger charge is -2.23. The third-order valence-electron chi connectivity index (χ3n) is 4.68. The van der Waals surface area contributed by atoms with E-state index in [-0.39, 0.29) is 0 Å². The number of aromatic nitrogens is 3. The third kappa shape index (κ3) is 4.20. The van der Waals surface area contributed by atoms with Gasteiger partial charge in [0.1, 0.15) is 5.76 Å². The van der Waals surface area contributed by atoms with Crippen molar-refractivity contribution in [3.63, 3.8) is 0 Å². The zero-order chi connectivity index (χ0) is 16.2. The Bertz CT molecular complexity index is 620. The second-order valence-electron chi connectivity index (χ2n) is 6.50. The van der Waals surface area contributed by atoms with E-state index in [0.29, 0.717) is 6.04 Å². The summed E-state index contributed by atoms with van der Waals surface area (Å²) in [4.78, 5) is 9.28. The van der Waals surface area contributed by atoms with Gasteiger partial charge < -0.3 is 9.32 Å². The number of likely N-dealkylation sites (N-methyl/N-ethyl adjacent to an activating group) is 1. The molecule has 0 radical (unpaired) electrons. The van der Waals surface area contributed by atoms with Crippen LogP contribution in [0.3, 0.4) is 0 Å². The van der Waals surface area contributed by atoms with Gasteiger partial charge in [-0.3, -0.25) is 9.58 Å². The maximum absolute atomic E-state index is 5.72. The zero-order valence-electron chi connectivity index (χ0n) is 14.4.